The van der Waals surface area contributed by atoms with E-state index in [0.29, 0.717) is 0 Å². The Morgan fingerprint density at radius 1 is 1.00 bits per heavy atom. The van der Waals surface area contributed by atoms with E-state index in [4.69, 9.17) is 22.2 Å². The van der Waals surface area contributed by atoms with Crippen molar-refractivity contribution in [2.75, 3.05) is 19.3 Å². The molecule has 0 atom stereocenters. The number of halogens is 2. The molecule has 0 bridgehead atoms. The number of rotatable bonds is 8. The van der Waals surface area contributed by atoms with Crippen molar-refractivity contribution in [3.8, 4) is 0 Å². The molecule has 1 radical (unpaired) electrons. The summed E-state index contributed by atoms with van der Waals surface area (Å²) < 4.78 is 0. The molecule has 0 fully saturated rings. The summed E-state index contributed by atoms with van der Waals surface area (Å²) >= 11 is 11.7. The summed E-state index contributed by atoms with van der Waals surface area (Å²) in [6, 6.07) is 0. The Morgan fingerprint density at radius 2 is 1.46 bits per heavy atom. The first-order valence-electron chi connectivity index (χ1n) is 5.09. The van der Waals surface area contributed by atoms with Gasteiger partial charge in [0.2, 0.25) is 0 Å². The molecular weight excluding hydrogens is 221 g/mol. The third-order valence-corrected chi connectivity index (χ3v) is 3.40. The van der Waals surface area contributed by atoms with Gasteiger partial charge in [-0.05, 0) is 25.9 Å². The summed E-state index contributed by atoms with van der Waals surface area (Å²) in [5, 5.41) is 0. The lowest BCUT2D eigenvalue weighted by atomic mass is 10.3. The van der Waals surface area contributed by atoms with E-state index >= 15 is 0 Å². The first-order valence-corrected chi connectivity index (χ1v) is 8.83. The molecule has 79 valence electrons. The molecule has 0 aromatic heterocycles. The van der Waals surface area contributed by atoms with Gasteiger partial charge < -0.3 is 4.90 Å². The van der Waals surface area contributed by atoms with Crippen LogP contribution in [0.1, 0.15) is 39.5 Å². The molecular formula is C9H20Cl2NSi. The Balaban J connectivity index is 3.60. The largest absolute Gasteiger partial charge is 0.304 e. The van der Waals surface area contributed by atoms with Crippen molar-refractivity contribution in [2.24, 2.45) is 0 Å². The third-order valence-electron chi connectivity index (χ3n) is 2.00. The molecule has 0 saturated heterocycles. The average Bonchev–Trinajstić information content (AvgIpc) is 2.09. The lowest BCUT2D eigenvalue weighted by Gasteiger charge is -2.21. The molecule has 1 nitrogen and oxygen atoms in total. The fourth-order valence-corrected chi connectivity index (χ4v) is 2.87. The smallest absolute Gasteiger partial charge is 0.288 e. The lowest BCUT2D eigenvalue weighted by Crippen LogP contribution is -2.32. The van der Waals surface area contributed by atoms with Crippen LogP contribution < -0.4 is 0 Å². The monoisotopic (exact) mass is 240 g/mol. The van der Waals surface area contributed by atoms with Crippen LogP contribution >= 0.6 is 22.2 Å². The number of unbranched alkanes of at least 4 members (excludes halogenated alkanes) is 2. The SMILES string of the molecule is CCCCN(CCCC)C[Si](Cl)Cl. The predicted molar refractivity (Wildman–Crippen MR) is 63.7 cm³/mol. The third kappa shape index (κ3) is 9.07. The van der Waals surface area contributed by atoms with Crippen molar-refractivity contribution < 1.29 is 0 Å². The number of hydrogen-bond acceptors (Lipinski definition) is 1. The van der Waals surface area contributed by atoms with Crippen LogP contribution in [-0.4, -0.2) is 31.6 Å². The molecule has 13 heavy (non-hydrogen) atoms. The van der Waals surface area contributed by atoms with E-state index in [2.05, 4.69) is 18.7 Å². The van der Waals surface area contributed by atoms with Crippen LogP contribution in [-0.2, 0) is 0 Å². The molecule has 0 unspecified atom stereocenters. The Labute approximate surface area is 93.4 Å². The highest BCUT2D eigenvalue weighted by molar-refractivity contribution is 7.33. The van der Waals surface area contributed by atoms with Gasteiger partial charge in [-0.2, -0.15) is 0 Å². The van der Waals surface area contributed by atoms with Gasteiger partial charge in [-0.3, -0.25) is 0 Å². The van der Waals surface area contributed by atoms with Crippen molar-refractivity contribution in [2.45, 2.75) is 39.5 Å². The minimum Gasteiger partial charge on any atom is -0.304 e. The molecule has 4 heteroatoms. The van der Waals surface area contributed by atoms with Crippen molar-refractivity contribution in [1.29, 1.82) is 0 Å². The van der Waals surface area contributed by atoms with Crippen molar-refractivity contribution in [1.82, 2.24) is 4.90 Å². The average molecular weight is 241 g/mol. The molecule has 0 aromatic carbocycles. The van der Waals surface area contributed by atoms with Crippen molar-refractivity contribution in [3.05, 3.63) is 0 Å². The summed E-state index contributed by atoms with van der Waals surface area (Å²) in [7, 11) is -1.12. The van der Waals surface area contributed by atoms with E-state index in [9.17, 15) is 0 Å². The normalized spacial score (nSPS) is 11.5. The molecule has 0 N–H and O–H groups in total. The zero-order valence-electron chi connectivity index (χ0n) is 8.65. The van der Waals surface area contributed by atoms with E-state index in [-0.39, 0.29) is 0 Å². The maximum Gasteiger partial charge on any atom is 0.288 e. The lowest BCUT2D eigenvalue weighted by molar-refractivity contribution is 0.305. The van der Waals surface area contributed by atoms with Gasteiger partial charge in [-0.1, -0.05) is 26.7 Å². The molecule has 0 aliphatic carbocycles. The van der Waals surface area contributed by atoms with Crippen LogP contribution in [0.3, 0.4) is 0 Å². The molecule has 0 amide bonds. The van der Waals surface area contributed by atoms with Crippen LogP contribution in [0.15, 0.2) is 0 Å². The molecule has 0 saturated carbocycles. The molecule has 0 aromatic rings. The minimum atomic E-state index is -1.12. The Hall–Kier alpha value is 0.757. The summed E-state index contributed by atoms with van der Waals surface area (Å²) in [6.45, 7) is 6.74. The highest BCUT2D eigenvalue weighted by Gasteiger charge is 2.10. The fraction of sp³-hybridized carbons (Fsp3) is 1.00. The van der Waals surface area contributed by atoms with Gasteiger partial charge in [0.05, 0.1) is 0 Å². The van der Waals surface area contributed by atoms with E-state index in [1.54, 1.807) is 0 Å². The van der Waals surface area contributed by atoms with Crippen LogP contribution in [0.2, 0.25) is 0 Å². The van der Waals surface area contributed by atoms with Gasteiger partial charge in [-0.25, -0.2) is 0 Å². The van der Waals surface area contributed by atoms with Crippen LogP contribution in [0.5, 0.6) is 0 Å². The fourth-order valence-electron chi connectivity index (χ4n) is 1.20. The van der Waals surface area contributed by atoms with Crippen molar-refractivity contribution in [3.63, 3.8) is 0 Å². The van der Waals surface area contributed by atoms with Crippen LogP contribution in [0, 0.1) is 0 Å². The summed E-state index contributed by atoms with van der Waals surface area (Å²) in [6.07, 6.45) is 5.91. The maximum atomic E-state index is 5.86. The highest BCUT2D eigenvalue weighted by atomic mass is 35.7. The second kappa shape index (κ2) is 9.32. The topological polar surface area (TPSA) is 3.24 Å². The summed E-state index contributed by atoms with van der Waals surface area (Å²) in [5.74, 6) is 0. The van der Waals surface area contributed by atoms with Gasteiger partial charge >= 0.3 is 0 Å². The predicted octanol–water partition coefficient (Wildman–Crippen LogP) is 3.39. The summed E-state index contributed by atoms with van der Waals surface area (Å²) in [4.78, 5) is 2.40. The Morgan fingerprint density at radius 3 is 1.77 bits per heavy atom. The van der Waals surface area contributed by atoms with Crippen molar-refractivity contribution >= 4 is 29.6 Å². The standard InChI is InChI=1S/C9H20Cl2NSi/c1-3-5-7-12(8-6-4-2)9-13(10)11/h3-9H2,1-2H3. The maximum absolute atomic E-state index is 5.86. The van der Waals surface area contributed by atoms with Crippen LogP contribution in [0.4, 0.5) is 0 Å². The number of nitrogens with zero attached hydrogens (tertiary/aromatic N) is 1. The second-order valence-corrected chi connectivity index (χ2v) is 7.63. The molecule has 0 rings (SSSR count). The second-order valence-electron chi connectivity index (χ2n) is 3.32. The molecule has 0 spiro atoms. The molecule has 0 heterocycles. The van der Waals surface area contributed by atoms with Gasteiger partial charge in [0.15, 0.2) is 0 Å². The molecule has 0 aliphatic rings. The van der Waals surface area contributed by atoms with Gasteiger partial charge in [-0.15, -0.1) is 22.2 Å². The zero-order valence-corrected chi connectivity index (χ0v) is 11.2. The van der Waals surface area contributed by atoms with E-state index in [1.165, 1.54) is 25.7 Å². The first kappa shape index (κ1) is 13.8. The van der Waals surface area contributed by atoms with E-state index in [0.717, 1.165) is 19.3 Å². The Bertz CT molecular complexity index is 104. The minimum absolute atomic E-state index is 0.910. The Kier molecular flexibility index (Phi) is 9.86. The summed E-state index contributed by atoms with van der Waals surface area (Å²) in [5.41, 5.74) is 0. The highest BCUT2D eigenvalue weighted by Crippen LogP contribution is 2.04. The van der Waals surface area contributed by atoms with Gasteiger partial charge in [0.25, 0.3) is 7.42 Å². The van der Waals surface area contributed by atoms with Crippen LogP contribution in [0.25, 0.3) is 0 Å². The van der Waals surface area contributed by atoms with E-state index < -0.39 is 7.42 Å². The number of hydrogen-bond donors (Lipinski definition) is 0. The van der Waals surface area contributed by atoms with E-state index in [1.807, 2.05) is 0 Å². The quantitative estimate of drug-likeness (QED) is 0.465. The zero-order chi connectivity index (χ0) is 10.1. The van der Waals surface area contributed by atoms with Gasteiger partial charge in [0, 0.05) is 6.17 Å². The first-order chi connectivity index (χ1) is 6.20. The van der Waals surface area contributed by atoms with Gasteiger partial charge in [0.1, 0.15) is 0 Å². The molecule has 0 aliphatic heterocycles.